The maximum Gasteiger partial charge on any atom is 0.166 e. The number of halogens is 1. The van der Waals surface area contributed by atoms with Crippen molar-refractivity contribution in [3.05, 3.63) is 53.6 Å². The smallest absolute Gasteiger partial charge is 0.166 e. The van der Waals surface area contributed by atoms with Crippen molar-refractivity contribution in [2.45, 2.75) is 26.0 Å². The molecule has 2 bridgehead atoms. The monoisotopic (exact) mass is 339 g/mol. The molecular weight excluding hydrogens is 321 g/mol. The lowest BCUT2D eigenvalue weighted by Crippen LogP contribution is -2.18. The van der Waals surface area contributed by atoms with E-state index in [-0.39, 0.29) is 18.0 Å². The Balaban J connectivity index is 1.82. The molecule has 0 fully saturated rings. The molecule has 0 saturated heterocycles. The number of fused-ring (bicyclic) bond motifs is 2. The van der Waals surface area contributed by atoms with E-state index in [1.165, 1.54) is 12.1 Å². The predicted molar refractivity (Wildman–Crippen MR) is 94.0 cm³/mol. The van der Waals surface area contributed by atoms with Crippen LogP contribution in [0.3, 0.4) is 0 Å². The molecule has 2 atom stereocenters. The minimum Gasteiger partial charge on any atom is -0.488 e. The number of aromatic nitrogens is 3. The second-order valence-corrected chi connectivity index (χ2v) is 6.15. The Bertz CT molecular complexity index is 952. The van der Waals surface area contributed by atoms with E-state index in [0.29, 0.717) is 23.8 Å². The Hall–Kier alpha value is -2.96. The molecule has 1 aliphatic heterocycles. The summed E-state index contributed by atoms with van der Waals surface area (Å²) in [7, 11) is 0. The highest BCUT2D eigenvalue weighted by Gasteiger charge is 2.17. The fraction of sp³-hybridized carbons (Fsp3) is 0.278. The van der Waals surface area contributed by atoms with Gasteiger partial charge in [-0.1, -0.05) is 0 Å². The van der Waals surface area contributed by atoms with E-state index < -0.39 is 0 Å². The van der Waals surface area contributed by atoms with Gasteiger partial charge in [-0.3, -0.25) is 4.99 Å². The van der Waals surface area contributed by atoms with Crippen molar-refractivity contribution in [2.75, 3.05) is 11.9 Å². The molecule has 1 aliphatic rings. The minimum absolute atomic E-state index is 0.143. The molecule has 3 aromatic rings. The van der Waals surface area contributed by atoms with E-state index in [9.17, 15) is 4.39 Å². The van der Waals surface area contributed by atoms with E-state index in [4.69, 9.17) is 4.74 Å². The first-order valence-electron chi connectivity index (χ1n) is 8.17. The average molecular weight is 339 g/mol. The van der Waals surface area contributed by atoms with Crippen LogP contribution in [0, 0.1) is 5.82 Å². The Morgan fingerprint density at radius 1 is 1.28 bits per heavy atom. The molecule has 0 aliphatic carbocycles. The molecule has 0 spiro atoms. The number of nitrogens with zero attached hydrogens (tertiary/aromatic N) is 4. The second-order valence-electron chi connectivity index (χ2n) is 6.15. The third-order valence-corrected chi connectivity index (χ3v) is 4.12. The zero-order chi connectivity index (χ0) is 17.4. The highest BCUT2D eigenvalue weighted by atomic mass is 19.1. The molecule has 7 heteroatoms. The first-order valence-corrected chi connectivity index (χ1v) is 8.17. The molecule has 4 rings (SSSR count). The summed E-state index contributed by atoms with van der Waals surface area (Å²) in [5, 5.41) is 7.58. The van der Waals surface area contributed by atoms with Crippen molar-refractivity contribution in [1.82, 2.24) is 14.6 Å². The molecule has 2 aromatic heterocycles. The van der Waals surface area contributed by atoms with E-state index in [1.807, 2.05) is 26.1 Å². The normalized spacial score (nSPS) is 20.1. The van der Waals surface area contributed by atoms with Crippen molar-refractivity contribution in [2.24, 2.45) is 4.99 Å². The maximum atomic E-state index is 13.8. The van der Waals surface area contributed by atoms with Gasteiger partial charge in [0, 0.05) is 18.0 Å². The molecule has 3 heterocycles. The van der Waals surface area contributed by atoms with Gasteiger partial charge in [-0.2, -0.15) is 5.10 Å². The number of hydrogen-bond acceptors (Lipinski definition) is 5. The van der Waals surface area contributed by atoms with Gasteiger partial charge >= 0.3 is 0 Å². The first kappa shape index (κ1) is 15.6. The zero-order valence-corrected chi connectivity index (χ0v) is 14.0. The van der Waals surface area contributed by atoms with Crippen LogP contribution in [0.15, 0.2) is 41.7 Å². The molecular formula is C18H18FN5O. The second kappa shape index (κ2) is 6.16. The number of rotatable bonds is 0. The van der Waals surface area contributed by atoms with Gasteiger partial charge in [0.15, 0.2) is 5.65 Å². The SMILES string of the molecule is C[C@H]1CN=Cc2cnn3ccc(nc23)N[C@H](C)c2cc(F)ccc2O1. The third-order valence-electron chi connectivity index (χ3n) is 4.12. The Kier molecular flexibility index (Phi) is 3.83. The molecule has 0 amide bonds. The van der Waals surface area contributed by atoms with Gasteiger partial charge in [0.25, 0.3) is 0 Å². The molecule has 0 unspecified atom stereocenters. The number of anilines is 1. The van der Waals surface area contributed by atoms with Gasteiger partial charge in [-0.15, -0.1) is 0 Å². The first-order chi connectivity index (χ1) is 12.1. The summed E-state index contributed by atoms with van der Waals surface area (Å²) in [6.07, 6.45) is 5.18. The number of hydrogen-bond donors (Lipinski definition) is 1. The number of benzene rings is 1. The van der Waals surface area contributed by atoms with Crippen LogP contribution < -0.4 is 10.1 Å². The topological polar surface area (TPSA) is 63.8 Å². The van der Waals surface area contributed by atoms with Crippen LogP contribution >= 0.6 is 0 Å². The highest BCUT2D eigenvalue weighted by molar-refractivity contribution is 5.87. The van der Waals surface area contributed by atoms with Gasteiger partial charge in [0.05, 0.1) is 24.3 Å². The summed E-state index contributed by atoms with van der Waals surface area (Å²) in [6.45, 7) is 4.37. The molecule has 0 radical (unpaired) electrons. The summed E-state index contributed by atoms with van der Waals surface area (Å²) in [4.78, 5) is 9.05. The summed E-state index contributed by atoms with van der Waals surface area (Å²) >= 11 is 0. The van der Waals surface area contributed by atoms with Crippen LogP contribution in [0.4, 0.5) is 10.2 Å². The Morgan fingerprint density at radius 2 is 2.16 bits per heavy atom. The quantitative estimate of drug-likeness (QED) is 0.683. The number of nitrogens with one attached hydrogen (secondary N) is 1. The zero-order valence-electron chi connectivity index (χ0n) is 14.0. The lowest BCUT2D eigenvalue weighted by Gasteiger charge is -2.21. The van der Waals surface area contributed by atoms with Gasteiger partial charge < -0.3 is 10.1 Å². The van der Waals surface area contributed by atoms with Crippen LogP contribution in [0.2, 0.25) is 0 Å². The van der Waals surface area contributed by atoms with Gasteiger partial charge in [0.1, 0.15) is 23.5 Å². The fourth-order valence-corrected chi connectivity index (χ4v) is 2.88. The van der Waals surface area contributed by atoms with E-state index in [1.54, 1.807) is 23.0 Å². The van der Waals surface area contributed by atoms with Gasteiger partial charge in [-0.05, 0) is 38.1 Å². The minimum atomic E-state index is -0.299. The lowest BCUT2D eigenvalue weighted by molar-refractivity contribution is 0.227. The Morgan fingerprint density at radius 3 is 3.04 bits per heavy atom. The third kappa shape index (κ3) is 3.05. The van der Waals surface area contributed by atoms with Crippen molar-refractivity contribution in [3.8, 4) is 5.75 Å². The van der Waals surface area contributed by atoms with Gasteiger partial charge in [0.2, 0.25) is 0 Å². The standard InChI is InChI=1S/C18H18FN5O/c1-11-8-20-9-13-10-21-24-6-5-17(23-18(13)24)22-12(2)15-7-14(19)3-4-16(15)25-11/h3-7,9-12H,8H2,1-2H3,(H,22,23)/t11-,12+/m0/s1. The number of ether oxygens (including phenoxy) is 1. The molecule has 1 aromatic carbocycles. The van der Waals surface area contributed by atoms with Crippen LogP contribution in [0.1, 0.15) is 31.0 Å². The molecule has 6 nitrogen and oxygen atoms in total. The van der Waals surface area contributed by atoms with Crippen LogP contribution in [-0.4, -0.2) is 33.5 Å². The summed E-state index contributed by atoms with van der Waals surface area (Å²) in [5.74, 6) is 1.03. The summed E-state index contributed by atoms with van der Waals surface area (Å²) in [5.41, 5.74) is 2.30. The van der Waals surface area contributed by atoms with Crippen molar-refractivity contribution >= 4 is 17.7 Å². The highest BCUT2D eigenvalue weighted by Crippen LogP contribution is 2.29. The largest absolute Gasteiger partial charge is 0.488 e. The molecule has 25 heavy (non-hydrogen) atoms. The molecule has 0 saturated carbocycles. The Labute approximate surface area is 144 Å². The van der Waals surface area contributed by atoms with Crippen molar-refractivity contribution < 1.29 is 9.13 Å². The van der Waals surface area contributed by atoms with Crippen molar-refractivity contribution in [1.29, 1.82) is 0 Å². The van der Waals surface area contributed by atoms with Crippen LogP contribution in [0.25, 0.3) is 5.65 Å². The summed E-state index contributed by atoms with van der Waals surface area (Å²) < 4.78 is 21.5. The van der Waals surface area contributed by atoms with E-state index in [0.717, 1.165) is 11.1 Å². The predicted octanol–water partition coefficient (Wildman–Crippen LogP) is 3.24. The van der Waals surface area contributed by atoms with E-state index in [2.05, 4.69) is 20.4 Å². The van der Waals surface area contributed by atoms with Crippen LogP contribution in [-0.2, 0) is 0 Å². The number of aliphatic imine (C=N–C) groups is 1. The molecule has 128 valence electrons. The summed E-state index contributed by atoms with van der Waals surface area (Å²) in [6, 6.07) is 6.21. The average Bonchev–Trinajstić information content (AvgIpc) is 2.98. The van der Waals surface area contributed by atoms with Crippen molar-refractivity contribution in [3.63, 3.8) is 0 Å². The fourth-order valence-electron chi connectivity index (χ4n) is 2.88. The van der Waals surface area contributed by atoms with Crippen LogP contribution in [0.5, 0.6) is 5.75 Å². The van der Waals surface area contributed by atoms with E-state index >= 15 is 0 Å². The lowest BCUT2D eigenvalue weighted by atomic mass is 10.1. The molecule has 1 N–H and O–H groups in total. The maximum absolute atomic E-state index is 13.8. The van der Waals surface area contributed by atoms with Gasteiger partial charge in [-0.25, -0.2) is 13.9 Å².